The van der Waals surface area contributed by atoms with Gasteiger partial charge in [0.05, 0.1) is 12.8 Å². The van der Waals surface area contributed by atoms with Crippen LogP contribution in [0.4, 0.5) is 5.69 Å². The Morgan fingerprint density at radius 1 is 0.889 bits per heavy atom. The number of anilines is 1. The lowest BCUT2D eigenvalue weighted by atomic mass is 10.1. The molecule has 3 aromatic carbocycles. The number of hydrogen-bond acceptors (Lipinski definition) is 2. The summed E-state index contributed by atoms with van der Waals surface area (Å²) in [6, 6.07) is 26.8. The van der Waals surface area contributed by atoms with E-state index in [4.69, 9.17) is 17.0 Å². The van der Waals surface area contributed by atoms with Crippen LogP contribution in [-0.2, 0) is 13.1 Å². The number of hydrogen-bond donors (Lipinski definition) is 1. The molecule has 3 nitrogen and oxygen atoms in total. The minimum Gasteiger partial charge on any atom is -0.495 e. The van der Waals surface area contributed by atoms with E-state index in [-0.39, 0.29) is 0 Å². The Balaban J connectivity index is 1.83. The van der Waals surface area contributed by atoms with Crippen molar-refractivity contribution in [1.29, 1.82) is 0 Å². The van der Waals surface area contributed by atoms with Crippen molar-refractivity contribution in [3.63, 3.8) is 0 Å². The van der Waals surface area contributed by atoms with Crippen LogP contribution in [0, 0.1) is 6.92 Å². The van der Waals surface area contributed by atoms with E-state index in [0.717, 1.165) is 30.1 Å². The second-order valence-electron chi connectivity index (χ2n) is 6.46. The van der Waals surface area contributed by atoms with Crippen molar-refractivity contribution in [2.75, 3.05) is 12.4 Å². The first kappa shape index (κ1) is 18.9. The fourth-order valence-corrected chi connectivity index (χ4v) is 3.16. The number of rotatable bonds is 6. The molecule has 27 heavy (non-hydrogen) atoms. The van der Waals surface area contributed by atoms with Crippen LogP contribution < -0.4 is 10.1 Å². The van der Waals surface area contributed by atoms with E-state index in [1.54, 1.807) is 7.11 Å². The van der Waals surface area contributed by atoms with E-state index in [2.05, 4.69) is 65.7 Å². The van der Waals surface area contributed by atoms with Crippen molar-refractivity contribution in [3.8, 4) is 5.75 Å². The van der Waals surface area contributed by atoms with Crippen LogP contribution in [0.15, 0.2) is 78.9 Å². The lowest BCUT2D eigenvalue weighted by Gasteiger charge is -2.27. The summed E-state index contributed by atoms with van der Waals surface area (Å²) in [6.45, 7) is 3.52. The van der Waals surface area contributed by atoms with Crippen LogP contribution in [0.5, 0.6) is 5.75 Å². The van der Waals surface area contributed by atoms with Crippen LogP contribution in [-0.4, -0.2) is 17.1 Å². The molecule has 0 saturated carbocycles. The van der Waals surface area contributed by atoms with Gasteiger partial charge in [-0.1, -0.05) is 66.7 Å². The van der Waals surface area contributed by atoms with Crippen molar-refractivity contribution < 1.29 is 4.74 Å². The smallest absolute Gasteiger partial charge is 0.174 e. The lowest BCUT2D eigenvalue weighted by Crippen LogP contribution is -2.34. The summed E-state index contributed by atoms with van der Waals surface area (Å²) >= 11 is 5.77. The molecular formula is C23H24N2OS. The average molecular weight is 377 g/mol. The second-order valence-corrected chi connectivity index (χ2v) is 6.85. The van der Waals surface area contributed by atoms with Crippen molar-refractivity contribution in [1.82, 2.24) is 4.90 Å². The van der Waals surface area contributed by atoms with Gasteiger partial charge in [-0.15, -0.1) is 0 Å². The van der Waals surface area contributed by atoms with Gasteiger partial charge in [0.2, 0.25) is 0 Å². The first-order chi connectivity index (χ1) is 13.2. The molecule has 1 N–H and O–H groups in total. The molecular weight excluding hydrogens is 352 g/mol. The SMILES string of the molecule is COc1ccc(C)cc1NC(=S)N(Cc1ccccc1)Cc1ccccc1. The zero-order valence-electron chi connectivity index (χ0n) is 15.7. The van der Waals surface area contributed by atoms with Gasteiger partial charge in [0, 0.05) is 13.1 Å². The normalized spacial score (nSPS) is 10.3. The third-order valence-electron chi connectivity index (χ3n) is 4.32. The predicted molar refractivity (Wildman–Crippen MR) is 116 cm³/mol. The van der Waals surface area contributed by atoms with E-state index < -0.39 is 0 Å². The van der Waals surface area contributed by atoms with E-state index >= 15 is 0 Å². The molecule has 0 fully saturated rings. The van der Waals surface area contributed by atoms with E-state index in [1.807, 2.05) is 30.3 Å². The number of nitrogens with one attached hydrogen (secondary N) is 1. The maximum Gasteiger partial charge on any atom is 0.174 e. The van der Waals surface area contributed by atoms with Crippen LogP contribution in [0.25, 0.3) is 0 Å². The third-order valence-corrected chi connectivity index (χ3v) is 4.68. The number of nitrogens with zero attached hydrogens (tertiary/aromatic N) is 1. The Morgan fingerprint density at radius 2 is 1.44 bits per heavy atom. The topological polar surface area (TPSA) is 24.5 Å². The van der Waals surface area contributed by atoms with Gasteiger partial charge in [-0.25, -0.2) is 0 Å². The molecule has 0 aromatic heterocycles. The number of methoxy groups -OCH3 is 1. The van der Waals surface area contributed by atoms with Gasteiger partial charge in [0.1, 0.15) is 5.75 Å². The summed E-state index contributed by atoms with van der Waals surface area (Å²) in [6.07, 6.45) is 0. The summed E-state index contributed by atoms with van der Waals surface area (Å²) in [5.74, 6) is 0.780. The number of aryl methyl sites for hydroxylation is 1. The van der Waals surface area contributed by atoms with Crippen molar-refractivity contribution in [2.24, 2.45) is 0 Å². The standard InChI is InChI=1S/C23H24N2OS/c1-18-13-14-22(26-2)21(15-18)24-23(27)25(16-19-9-5-3-6-10-19)17-20-11-7-4-8-12-20/h3-15H,16-17H2,1-2H3,(H,24,27). The molecule has 0 amide bonds. The molecule has 0 aliphatic carbocycles. The van der Waals surface area contributed by atoms with Gasteiger partial charge >= 0.3 is 0 Å². The van der Waals surface area contributed by atoms with Gasteiger partial charge in [-0.3, -0.25) is 0 Å². The molecule has 0 radical (unpaired) electrons. The van der Waals surface area contributed by atoms with Gasteiger partial charge in [-0.05, 0) is 48.0 Å². The zero-order valence-corrected chi connectivity index (χ0v) is 16.5. The molecule has 0 atom stereocenters. The second kappa shape index (κ2) is 9.19. The molecule has 138 valence electrons. The number of benzene rings is 3. The van der Waals surface area contributed by atoms with E-state index in [9.17, 15) is 0 Å². The molecule has 3 aromatic rings. The average Bonchev–Trinajstić information content (AvgIpc) is 2.69. The Bertz CT molecular complexity index is 840. The summed E-state index contributed by atoms with van der Waals surface area (Å²) in [4.78, 5) is 2.17. The largest absolute Gasteiger partial charge is 0.495 e. The summed E-state index contributed by atoms with van der Waals surface area (Å²) in [7, 11) is 1.67. The highest BCUT2D eigenvalue weighted by atomic mass is 32.1. The Labute approximate surface area is 166 Å². The monoisotopic (exact) mass is 376 g/mol. The summed E-state index contributed by atoms with van der Waals surface area (Å²) in [5.41, 5.74) is 4.47. The van der Waals surface area contributed by atoms with Gasteiger partial charge in [0.25, 0.3) is 0 Å². The van der Waals surface area contributed by atoms with Crippen molar-refractivity contribution in [3.05, 3.63) is 95.6 Å². The van der Waals surface area contributed by atoms with Gasteiger partial charge in [-0.2, -0.15) is 0 Å². The van der Waals surface area contributed by atoms with Gasteiger partial charge < -0.3 is 15.0 Å². The quantitative estimate of drug-likeness (QED) is 0.582. The Hall–Kier alpha value is -2.85. The fraction of sp³-hybridized carbons (Fsp3) is 0.174. The highest BCUT2D eigenvalue weighted by molar-refractivity contribution is 7.80. The lowest BCUT2D eigenvalue weighted by molar-refractivity contribution is 0.409. The van der Waals surface area contributed by atoms with Gasteiger partial charge in [0.15, 0.2) is 5.11 Å². The zero-order chi connectivity index (χ0) is 19.1. The molecule has 0 saturated heterocycles. The Morgan fingerprint density at radius 3 is 1.96 bits per heavy atom. The summed E-state index contributed by atoms with van der Waals surface area (Å²) in [5, 5.41) is 4.05. The number of thiocarbonyl (C=S) groups is 1. The van der Waals surface area contributed by atoms with Crippen molar-refractivity contribution >= 4 is 23.0 Å². The molecule has 0 bridgehead atoms. The number of ether oxygens (including phenoxy) is 1. The predicted octanol–water partition coefficient (Wildman–Crippen LogP) is 5.40. The summed E-state index contributed by atoms with van der Waals surface area (Å²) < 4.78 is 5.48. The molecule has 0 aliphatic rings. The maximum absolute atomic E-state index is 5.77. The van der Waals surface area contributed by atoms with Crippen LogP contribution in [0.3, 0.4) is 0 Å². The molecule has 0 spiro atoms. The molecule has 0 aliphatic heterocycles. The molecule has 3 rings (SSSR count). The highest BCUT2D eigenvalue weighted by Crippen LogP contribution is 2.26. The van der Waals surface area contributed by atoms with E-state index in [0.29, 0.717) is 5.11 Å². The van der Waals surface area contributed by atoms with Crippen LogP contribution in [0.2, 0.25) is 0 Å². The van der Waals surface area contributed by atoms with E-state index in [1.165, 1.54) is 11.1 Å². The van der Waals surface area contributed by atoms with Crippen LogP contribution >= 0.6 is 12.2 Å². The minimum absolute atomic E-state index is 0.673. The van der Waals surface area contributed by atoms with Crippen LogP contribution in [0.1, 0.15) is 16.7 Å². The minimum atomic E-state index is 0.673. The highest BCUT2D eigenvalue weighted by Gasteiger charge is 2.13. The molecule has 0 heterocycles. The molecule has 4 heteroatoms. The van der Waals surface area contributed by atoms with Crippen molar-refractivity contribution in [2.45, 2.75) is 20.0 Å². The first-order valence-corrected chi connectivity index (χ1v) is 9.35. The maximum atomic E-state index is 5.77. The third kappa shape index (κ3) is 5.31. The first-order valence-electron chi connectivity index (χ1n) is 8.94. The molecule has 0 unspecified atom stereocenters. The Kier molecular flexibility index (Phi) is 6.44. The fourth-order valence-electron chi connectivity index (χ4n) is 2.92.